The van der Waals surface area contributed by atoms with Crippen molar-refractivity contribution in [3.8, 4) is 0 Å². The van der Waals surface area contributed by atoms with Crippen molar-refractivity contribution in [1.82, 2.24) is 15.3 Å². The molecule has 0 aliphatic heterocycles. The maximum Gasteiger partial charge on any atom is 0.224 e. The van der Waals surface area contributed by atoms with E-state index in [0.29, 0.717) is 6.42 Å². The van der Waals surface area contributed by atoms with Crippen molar-refractivity contribution < 1.29 is 4.79 Å². The minimum Gasteiger partial charge on any atom is -0.356 e. The van der Waals surface area contributed by atoms with Crippen LogP contribution in [0.4, 0.5) is 0 Å². The third kappa shape index (κ3) is 2.88. The van der Waals surface area contributed by atoms with Crippen molar-refractivity contribution in [3.63, 3.8) is 0 Å². The molecule has 18 heavy (non-hydrogen) atoms. The lowest BCUT2D eigenvalue weighted by atomic mass is 10.1. The van der Waals surface area contributed by atoms with E-state index in [1.165, 1.54) is 0 Å². The first-order chi connectivity index (χ1) is 8.72. The summed E-state index contributed by atoms with van der Waals surface area (Å²) in [5.74, 6) is 1.06. The third-order valence-electron chi connectivity index (χ3n) is 2.87. The van der Waals surface area contributed by atoms with Crippen LogP contribution in [-0.2, 0) is 17.6 Å². The SMILES string of the molecule is CCCNC(=O)Cc1ccc2nc(CC)[nH]c2c1. The number of fused-ring (bicyclic) bond motifs is 1. The van der Waals surface area contributed by atoms with Gasteiger partial charge in [0.1, 0.15) is 5.82 Å². The Hall–Kier alpha value is -1.84. The van der Waals surface area contributed by atoms with E-state index < -0.39 is 0 Å². The van der Waals surface area contributed by atoms with Gasteiger partial charge in [-0.1, -0.05) is 19.9 Å². The number of imidazole rings is 1. The number of H-pyrrole nitrogens is 1. The number of aryl methyl sites for hydroxylation is 1. The summed E-state index contributed by atoms with van der Waals surface area (Å²) in [6.45, 7) is 4.85. The number of nitrogens with one attached hydrogen (secondary N) is 2. The average Bonchev–Trinajstić information content (AvgIpc) is 2.78. The Kier molecular flexibility index (Phi) is 3.97. The summed E-state index contributed by atoms with van der Waals surface area (Å²) in [6.07, 6.45) is 2.28. The number of aromatic nitrogens is 2. The molecule has 4 nitrogen and oxygen atoms in total. The lowest BCUT2D eigenvalue weighted by Gasteiger charge is -2.03. The monoisotopic (exact) mass is 245 g/mol. The summed E-state index contributed by atoms with van der Waals surface area (Å²) in [6, 6.07) is 5.94. The molecule has 0 atom stereocenters. The normalized spacial score (nSPS) is 10.8. The second-order valence-electron chi connectivity index (χ2n) is 4.42. The van der Waals surface area contributed by atoms with Gasteiger partial charge in [0.25, 0.3) is 0 Å². The van der Waals surface area contributed by atoms with Gasteiger partial charge >= 0.3 is 0 Å². The summed E-state index contributed by atoms with van der Waals surface area (Å²) in [7, 11) is 0. The number of aromatic amines is 1. The number of carbonyl (C=O) groups is 1. The fourth-order valence-corrected chi connectivity index (χ4v) is 1.90. The first-order valence-corrected chi connectivity index (χ1v) is 6.47. The van der Waals surface area contributed by atoms with Gasteiger partial charge < -0.3 is 10.3 Å². The molecule has 0 saturated heterocycles. The predicted molar refractivity (Wildman–Crippen MR) is 72.5 cm³/mol. The van der Waals surface area contributed by atoms with Gasteiger partial charge in [-0.05, 0) is 24.1 Å². The van der Waals surface area contributed by atoms with Crippen LogP contribution in [0, 0.1) is 0 Å². The maximum atomic E-state index is 11.6. The minimum atomic E-state index is 0.0754. The van der Waals surface area contributed by atoms with Crippen molar-refractivity contribution >= 4 is 16.9 Å². The van der Waals surface area contributed by atoms with E-state index >= 15 is 0 Å². The fraction of sp³-hybridized carbons (Fsp3) is 0.429. The van der Waals surface area contributed by atoms with Crippen molar-refractivity contribution in [3.05, 3.63) is 29.6 Å². The van der Waals surface area contributed by atoms with Gasteiger partial charge in [0.15, 0.2) is 0 Å². The number of hydrogen-bond donors (Lipinski definition) is 2. The van der Waals surface area contributed by atoms with Crippen LogP contribution < -0.4 is 5.32 Å². The van der Waals surface area contributed by atoms with Crippen molar-refractivity contribution in [1.29, 1.82) is 0 Å². The van der Waals surface area contributed by atoms with E-state index in [2.05, 4.69) is 22.2 Å². The van der Waals surface area contributed by atoms with Gasteiger partial charge in [-0.25, -0.2) is 4.98 Å². The Morgan fingerprint density at radius 3 is 2.94 bits per heavy atom. The molecule has 2 rings (SSSR count). The molecular formula is C14H19N3O. The number of hydrogen-bond acceptors (Lipinski definition) is 2. The molecule has 0 fully saturated rings. The van der Waals surface area contributed by atoms with Crippen molar-refractivity contribution in [2.45, 2.75) is 33.1 Å². The quantitative estimate of drug-likeness (QED) is 0.848. The molecule has 2 N–H and O–H groups in total. The number of rotatable bonds is 5. The van der Waals surface area contributed by atoms with E-state index in [4.69, 9.17) is 0 Å². The van der Waals surface area contributed by atoms with Gasteiger partial charge in [-0.3, -0.25) is 4.79 Å². The molecule has 1 heterocycles. The van der Waals surface area contributed by atoms with Crippen LogP contribution in [0.2, 0.25) is 0 Å². The van der Waals surface area contributed by atoms with Crippen molar-refractivity contribution in [2.75, 3.05) is 6.54 Å². The van der Waals surface area contributed by atoms with Crippen molar-refractivity contribution in [2.24, 2.45) is 0 Å². The molecule has 1 aromatic carbocycles. The van der Waals surface area contributed by atoms with Gasteiger partial charge in [0.2, 0.25) is 5.91 Å². The Morgan fingerprint density at radius 1 is 1.39 bits per heavy atom. The summed E-state index contributed by atoms with van der Waals surface area (Å²) in [4.78, 5) is 19.3. The van der Waals surface area contributed by atoms with Crippen LogP contribution in [-0.4, -0.2) is 22.4 Å². The third-order valence-corrected chi connectivity index (χ3v) is 2.87. The van der Waals surface area contributed by atoms with Crippen LogP contribution in [0.15, 0.2) is 18.2 Å². The summed E-state index contributed by atoms with van der Waals surface area (Å²) in [5.41, 5.74) is 2.99. The highest BCUT2D eigenvalue weighted by atomic mass is 16.1. The van der Waals surface area contributed by atoms with Crippen LogP contribution in [0.25, 0.3) is 11.0 Å². The first kappa shape index (κ1) is 12.6. The molecule has 0 spiro atoms. The molecular weight excluding hydrogens is 226 g/mol. The summed E-state index contributed by atoms with van der Waals surface area (Å²) in [5, 5.41) is 2.88. The molecule has 0 radical (unpaired) electrons. The molecule has 0 saturated carbocycles. The highest BCUT2D eigenvalue weighted by Crippen LogP contribution is 2.14. The topological polar surface area (TPSA) is 57.8 Å². The van der Waals surface area contributed by atoms with E-state index in [9.17, 15) is 4.79 Å². The van der Waals surface area contributed by atoms with E-state index in [-0.39, 0.29) is 5.91 Å². The largest absolute Gasteiger partial charge is 0.356 e. The molecule has 0 bridgehead atoms. The van der Waals surface area contributed by atoms with E-state index in [1.54, 1.807) is 0 Å². The molecule has 0 aliphatic rings. The summed E-state index contributed by atoms with van der Waals surface area (Å²) < 4.78 is 0. The number of benzene rings is 1. The molecule has 4 heteroatoms. The molecule has 0 aliphatic carbocycles. The zero-order chi connectivity index (χ0) is 13.0. The van der Waals surface area contributed by atoms with Crippen LogP contribution in [0.3, 0.4) is 0 Å². The smallest absolute Gasteiger partial charge is 0.224 e. The van der Waals surface area contributed by atoms with Crippen LogP contribution in [0.5, 0.6) is 0 Å². The zero-order valence-electron chi connectivity index (χ0n) is 10.9. The fourth-order valence-electron chi connectivity index (χ4n) is 1.90. The lowest BCUT2D eigenvalue weighted by Crippen LogP contribution is -2.25. The number of carbonyl (C=O) groups excluding carboxylic acids is 1. The molecule has 0 unspecified atom stereocenters. The Morgan fingerprint density at radius 2 is 2.22 bits per heavy atom. The number of nitrogens with zero attached hydrogens (tertiary/aromatic N) is 1. The van der Waals surface area contributed by atoms with Gasteiger partial charge in [-0.2, -0.15) is 0 Å². The molecule has 96 valence electrons. The van der Waals surface area contributed by atoms with E-state index in [1.807, 2.05) is 25.1 Å². The second kappa shape index (κ2) is 5.67. The second-order valence-corrected chi connectivity index (χ2v) is 4.42. The average molecular weight is 245 g/mol. The highest BCUT2D eigenvalue weighted by Gasteiger charge is 2.05. The van der Waals surface area contributed by atoms with E-state index in [0.717, 1.165) is 41.8 Å². The lowest BCUT2D eigenvalue weighted by molar-refractivity contribution is -0.120. The van der Waals surface area contributed by atoms with Gasteiger partial charge in [0, 0.05) is 13.0 Å². The predicted octanol–water partition coefficient (Wildman–Crippen LogP) is 2.19. The Bertz CT molecular complexity index is 545. The Balaban J connectivity index is 2.11. The van der Waals surface area contributed by atoms with Crippen LogP contribution in [0.1, 0.15) is 31.7 Å². The zero-order valence-corrected chi connectivity index (χ0v) is 10.9. The summed E-state index contributed by atoms with van der Waals surface area (Å²) >= 11 is 0. The molecule has 2 aromatic rings. The first-order valence-electron chi connectivity index (χ1n) is 6.47. The number of amides is 1. The maximum absolute atomic E-state index is 11.6. The highest BCUT2D eigenvalue weighted by molar-refractivity contribution is 5.81. The molecule has 1 aromatic heterocycles. The van der Waals surface area contributed by atoms with Gasteiger partial charge in [-0.15, -0.1) is 0 Å². The van der Waals surface area contributed by atoms with Crippen LogP contribution >= 0.6 is 0 Å². The minimum absolute atomic E-state index is 0.0754. The molecule has 1 amide bonds. The Labute approximate surface area is 107 Å². The standard InChI is InChI=1S/C14H19N3O/c1-3-7-15-14(18)9-10-5-6-11-12(8-10)17-13(4-2)16-11/h5-6,8H,3-4,7,9H2,1-2H3,(H,15,18)(H,16,17). The van der Waals surface area contributed by atoms with Gasteiger partial charge in [0.05, 0.1) is 17.5 Å².